The van der Waals surface area contributed by atoms with Crippen LogP contribution in [0.15, 0.2) is 12.3 Å². The lowest BCUT2D eigenvalue weighted by Crippen LogP contribution is -2.37. The van der Waals surface area contributed by atoms with Gasteiger partial charge in [0.2, 0.25) is 0 Å². The van der Waals surface area contributed by atoms with Crippen LogP contribution < -0.4 is 5.73 Å². The van der Waals surface area contributed by atoms with Crippen molar-refractivity contribution in [1.29, 1.82) is 0 Å². The van der Waals surface area contributed by atoms with Crippen molar-refractivity contribution in [2.24, 2.45) is 5.73 Å². The van der Waals surface area contributed by atoms with Crippen LogP contribution >= 0.6 is 0 Å². The van der Waals surface area contributed by atoms with Gasteiger partial charge < -0.3 is 10.5 Å². The van der Waals surface area contributed by atoms with Gasteiger partial charge >= 0.3 is 6.18 Å². The smallest absolute Gasteiger partial charge is 0.355 e. The number of aromatic nitrogens is 5. The van der Waals surface area contributed by atoms with E-state index in [1.54, 1.807) is 13.8 Å². The zero-order valence-corrected chi connectivity index (χ0v) is 14.1. The molecule has 0 spiro atoms. The molecule has 1 aliphatic rings. The summed E-state index contributed by atoms with van der Waals surface area (Å²) in [4.78, 5) is 1.41. The van der Waals surface area contributed by atoms with Crippen molar-refractivity contribution in [2.45, 2.75) is 57.6 Å². The Morgan fingerprint density at radius 3 is 2.64 bits per heavy atom. The highest BCUT2D eigenvalue weighted by Gasteiger charge is 2.36. The SMILES string of the molecule is CC(C)(N)Cn1nc(C(F)(F)F)cc1-c1cnn(C2CCCCO2)n1. The molecule has 1 atom stereocenters. The number of nitrogens with zero attached hydrogens (tertiary/aromatic N) is 5. The summed E-state index contributed by atoms with van der Waals surface area (Å²) >= 11 is 0. The number of rotatable bonds is 4. The van der Waals surface area contributed by atoms with Gasteiger partial charge in [-0.15, -0.1) is 5.10 Å². The second-order valence-electron chi connectivity index (χ2n) is 6.93. The molecular weight excluding hydrogens is 337 g/mol. The van der Waals surface area contributed by atoms with Gasteiger partial charge in [0.25, 0.3) is 0 Å². The molecule has 2 N–H and O–H groups in total. The van der Waals surface area contributed by atoms with Crippen molar-refractivity contribution in [2.75, 3.05) is 6.61 Å². The molecule has 10 heteroatoms. The Bertz CT molecular complexity index is 724. The maximum Gasteiger partial charge on any atom is 0.435 e. The Labute approximate surface area is 142 Å². The maximum absolute atomic E-state index is 13.1. The summed E-state index contributed by atoms with van der Waals surface area (Å²) in [6, 6.07) is 0.974. The van der Waals surface area contributed by atoms with Gasteiger partial charge in [0.15, 0.2) is 11.9 Å². The molecule has 25 heavy (non-hydrogen) atoms. The number of nitrogens with two attached hydrogens (primary N) is 1. The Kier molecular flexibility index (Phi) is 4.58. The molecule has 2 aromatic rings. The first-order valence-corrected chi connectivity index (χ1v) is 8.11. The van der Waals surface area contributed by atoms with Crippen molar-refractivity contribution in [3.63, 3.8) is 0 Å². The minimum absolute atomic E-state index is 0.116. The summed E-state index contributed by atoms with van der Waals surface area (Å²) in [6.07, 6.45) is -0.642. The Morgan fingerprint density at radius 2 is 2.04 bits per heavy atom. The van der Waals surface area contributed by atoms with Gasteiger partial charge in [-0.3, -0.25) is 4.68 Å². The second-order valence-corrected chi connectivity index (χ2v) is 6.93. The fourth-order valence-corrected chi connectivity index (χ4v) is 2.71. The minimum Gasteiger partial charge on any atom is -0.355 e. The molecule has 3 heterocycles. The molecule has 0 aromatic carbocycles. The van der Waals surface area contributed by atoms with Gasteiger partial charge in [-0.25, -0.2) is 0 Å². The largest absolute Gasteiger partial charge is 0.435 e. The van der Waals surface area contributed by atoms with Crippen molar-refractivity contribution in [3.05, 3.63) is 18.0 Å². The van der Waals surface area contributed by atoms with Gasteiger partial charge in [0.05, 0.1) is 18.4 Å². The van der Waals surface area contributed by atoms with Crippen LogP contribution in [-0.4, -0.2) is 36.9 Å². The summed E-state index contributed by atoms with van der Waals surface area (Å²) in [5.41, 5.74) is 4.78. The van der Waals surface area contributed by atoms with Gasteiger partial charge in [0, 0.05) is 12.1 Å². The molecule has 7 nitrogen and oxygen atoms in total. The quantitative estimate of drug-likeness (QED) is 0.908. The Morgan fingerprint density at radius 1 is 1.28 bits per heavy atom. The molecule has 3 rings (SSSR count). The normalized spacial score (nSPS) is 19.4. The van der Waals surface area contributed by atoms with Crippen molar-refractivity contribution in [1.82, 2.24) is 24.8 Å². The van der Waals surface area contributed by atoms with Gasteiger partial charge in [-0.2, -0.15) is 28.2 Å². The highest BCUT2D eigenvalue weighted by molar-refractivity contribution is 5.53. The van der Waals surface area contributed by atoms with Crippen LogP contribution in [0, 0.1) is 0 Å². The first kappa shape index (κ1) is 17.9. The Balaban J connectivity index is 1.95. The molecule has 0 aliphatic carbocycles. The van der Waals surface area contributed by atoms with Crippen LogP contribution in [0.2, 0.25) is 0 Å². The number of halogens is 3. The lowest BCUT2D eigenvalue weighted by atomic mass is 10.1. The summed E-state index contributed by atoms with van der Waals surface area (Å²) in [5, 5.41) is 12.1. The number of ether oxygens (including phenoxy) is 1. The first-order chi connectivity index (χ1) is 11.6. The van der Waals surface area contributed by atoms with E-state index in [2.05, 4.69) is 15.3 Å². The topological polar surface area (TPSA) is 83.8 Å². The molecule has 138 valence electrons. The molecule has 1 unspecified atom stereocenters. The predicted molar refractivity (Wildman–Crippen MR) is 83.4 cm³/mol. The van der Waals surface area contributed by atoms with E-state index in [1.807, 2.05) is 0 Å². The second kappa shape index (κ2) is 6.41. The molecular formula is C15H21F3N6O. The fraction of sp³-hybridized carbons (Fsp3) is 0.667. The summed E-state index contributed by atoms with van der Waals surface area (Å²) in [5.74, 6) is 0. The standard InChI is InChI=1S/C15H21F3N6O/c1-14(2,19)9-23-11(7-12(22-23)15(16,17)18)10-8-20-24(21-10)13-5-3-4-6-25-13/h7-8,13H,3-6,9,19H2,1-2H3. The van der Waals surface area contributed by atoms with Gasteiger partial charge in [-0.05, 0) is 39.2 Å². The highest BCUT2D eigenvalue weighted by atomic mass is 19.4. The van der Waals surface area contributed by atoms with Crippen LogP contribution in [0.5, 0.6) is 0 Å². The van der Waals surface area contributed by atoms with Crippen molar-refractivity contribution in [3.8, 4) is 11.4 Å². The van der Waals surface area contributed by atoms with E-state index < -0.39 is 17.4 Å². The highest BCUT2D eigenvalue weighted by Crippen LogP contribution is 2.32. The lowest BCUT2D eigenvalue weighted by molar-refractivity contribution is -0.141. The summed E-state index contributed by atoms with van der Waals surface area (Å²) < 4.78 is 46.0. The maximum atomic E-state index is 13.1. The third-order valence-corrected chi connectivity index (χ3v) is 3.81. The van der Waals surface area contributed by atoms with E-state index in [1.165, 1.54) is 15.7 Å². The van der Waals surface area contributed by atoms with Crippen LogP contribution in [0.4, 0.5) is 13.2 Å². The zero-order chi connectivity index (χ0) is 18.2. The molecule has 0 bridgehead atoms. The monoisotopic (exact) mass is 358 g/mol. The van der Waals surface area contributed by atoms with E-state index >= 15 is 0 Å². The average molecular weight is 358 g/mol. The summed E-state index contributed by atoms with van der Waals surface area (Å²) in [7, 11) is 0. The molecule has 0 radical (unpaired) electrons. The van der Waals surface area contributed by atoms with E-state index in [0.29, 0.717) is 12.3 Å². The Hall–Kier alpha value is -1.94. The zero-order valence-electron chi connectivity index (χ0n) is 14.1. The van der Waals surface area contributed by atoms with Gasteiger partial charge in [-0.1, -0.05) is 0 Å². The fourth-order valence-electron chi connectivity index (χ4n) is 2.71. The van der Waals surface area contributed by atoms with Crippen LogP contribution in [0.3, 0.4) is 0 Å². The molecule has 1 fully saturated rings. The van der Waals surface area contributed by atoms with E-state index in [4.69, 9.17) is 10.5 Å². The molecule has 1 saturated heterocycles. The van der Waals surface area contributed by atoms with E-state index in [0.717, 1.165) is 25.3 Å². The van der Waals surface area contributed by atoms with E-state index in [-0.39, 0.29) is 18.5 Å². The van der Waals surface area contributed by atoms with Crippen molar-refractivity contribution >= 4 is 0 Å². The number of hydrogen-bond acceptors (Lipinski definition) is 5. The summed E-state index contributed by atoms with van der Waals surface area (Å²) in [6.45, 7) is 4.18. The minimum atomic E-state index is -4.54. The third-order valence-electron chi connectivity index (χ3n) is 3.81. The van der Waals surface area contributed by atoms with Gasteiger partial charge in [0.1, 0.15) is 5.69 Å². The molecule has 0 amide bonds. The van der Waals surface area contributed by atoms with Crippen LogP contribution in [0.1, 0.15) is 45.0 Å². The average Bonchev–Trinajstić information content (AvgIpc) is 3.12. The number of hydrogen-bond donors (Lipinski definition) is 1. The van der Waals surface area contributed by atoms with Crippen molar-refractivity contribution < 1.29 is 17.9 Å². The molecule has 2 aromatic heterocycles. The molecule has 1 aliphatic heterocycles. The molecule has 0 saturated carbocycles. The lowest BCUT2D eigenvalue weighted by Gasteiger charge is -2.21. The van der Waals surface area contributed by atoms with Crippen LogP contribution in [0.25, 0.3) is 11.4 Å². The van der Waals surface area contributed by atoms with E-state index in [9.17, 15) is 13.2 Å². The third kappa shape index (κ3) is 4.18. The predicted octanol–water partition coefficient (Wildman–Crippen LogP) is 2.60. The number of alkyl halides is 3. The first-order valence-electron chi connectivity index (χ1n) is 8.11. The van der Waals surface area contributed by atoms with Crippen LogP contribution in [-0.2, 0) is 17.5 Å².